The topological polar surface area (TPSA) is 60.8 Å². The van der Waals surface area contributed by atoms with Crippen molar-refractivity contribution in [2.75, 3.05) is 13.2 Å². The Bertz CT molecular complexity index is 222. The summed E-state index contributed by atoms with van der Waals surface area (Å²) in [6, 6.07) is -0.119. The Kier molecular flexibility index (Phi) is 4.11. The number of hydrogen-bond donors (Lipinski definition) is 2. The van der Waals surface area contributed by atoms with Gasteiger partial charge in [-0.3, -0.25) is 4.79 Å². The fourth-order valence-electron chi connectivity index (χ4n) is 1.99. The van der Waals surface area contributed by atoms with Gasteiger partial charge in [0.15, 0.2) is 0 Å². The highest BCUT2D eigenvalue weighted by Gasteiger charge is 2.33. The predicted octanol–water partition coefficient (Wildman–Crippen LogP) is 0.521. The molecule has 1 amide bonds. The molecular formula is C11H21NO3. The van der Waals surface area contributed by atoms with Crippen molar-refractivity contribution < 1.29 is 15.0 Å². The summed E-state index contributed by atoms with van der Waals surface area (Å²) in [5.41, 5.74) is -1.34. The molecule has 0 radical (unpaired) electrons. The van der Waals surface area contributed by atoms with Gasteiger partial charge in [-0.1, -0.05) is 12.8 Å². The number of aliphatic hydroxyl groups is 2. The van der Waals surface area contributed by atoms with Gasteiger partial charge in [0.1, 0.15) is 5.60 Å². The van der Waals surface area contributed by atoms with Gasteiger partial charge >= 0.3 is 0 Å². The van der Waals surface area contributed by atoms with E-state index in [2.05, 4.69) is 0 Å². The van der Waals surface area contributed by atoms with Crippen molar-refractivity contribution >= 4 is 5.91 Å². The molecule has 0 aromatic heterocycles. The van der Waals surface area contributed by atoms with Gasteiger partial charge < -0.3 is 15.1 Å². The second-order valence-electron chi connectivity index (χ2n) is 4.74. The summed E-state index contributed by atoms with van der Waals surface area (Å²) >= 11 is 0. The number of carbonyl (C=O) groups is 1. The molecule has 0 spiro atoms. The molecule has 1 saturated heterocycles. The molecule has 1 fully saturated rings. The van der Waals surface area contributed by atoms with Crippen molar-refractivity contribution in [2.24, 2.45) is 0 Å². The normalized spacial score (nSPS) is 23.7. The molecule has 0 aromatic rings. The van der Waals surface area contributed by atoms with Crippen molar-refractivity contribution in [1.29, 1.82) is 0 Å². The maximum absolute atomic E-state index is 11.9. The van der Waals surface area contributed by atoms with Crippen molar-refractivity contribution in [3.63, 3.8) is 0 Å². The van der Waals surface area contributed by atoms with Crippen molar-refractivity contribution in [1.82, 2.24) is 4.90 Å². The minimum atomic E-state index is -1.34. The van der Waals surface area contributed by atoms with Crippen LogP contribution in [0.4, 0.5) is 0 Å². The zero-order valence-corrected chi connectivity index (χ0v) is 9.57. The SMILES string of the molecule is CC(C)(O)C(=O)N1CCCCCC1CO. The smallest absolute Gasteiger partial charge is 0.254 e. The maximum atomic E-state index is 11.9. The van der Waals surface area contributed by atoms with Gasteiger partial charge in [-0.15, -0.1) is 0 Å². The van der Waals surface area contributed by atoms with Gasteiger partial charge in [0, 0.05) is 6.54 Å². The van der Waals surface area contributed by atoms with Crippen LogP contribution in [0, 0.1) is 0 Å². The number of nitrogens with zero attached hydrogens (tertiary/aromatic N) is 1. The van der Waals surface area contributed by atoms with E-state index in [1.807, 2.05) is 0 Å². The number of carbonyl (C=O) groups excluding carboxylic acids is 1. The summed E-state index contributed by atoms with van der Waals surface area (Å²) in [6.07, 6.45) is 3.92. The number of amides is 1. The highest BCUT2D eigenvalue weighted by atomic mass is 16.3. The van der Waals surface area contributed by atoms with Crippen LogP contribution in [0.3, 0.4) is 0 Å². The minimum absolute atomic E-state index is 0.0121. The van der Waals surface area contributed by atoms with E-state index < -0.39 is 5.60 Å². The molecule has 0 aliphatic carbocycles. The molecule has 0 saturated carbocycles. The lowest BCUT2D eigenvalue weighted by atomic mass is 10.1. The van der Waals surface area contributed by atoms with Gasteiger partial charge in [-0.25, -0.2) is 0 Å². The third kappa shape index (κ3) is 3.18. The summed E-state index contributed by atoms with van der Waals surface area (Å²) in [4.78, 5) is 13.5. The lowest BCUT2D eigenvalue weighted by Gasteiger charge is -2.33. The molecule has 2 N–H and O–H groups in total. The van der Waals surface area contributed by atoms with Crippen LogP contribution in [0.15, 0.2) is 0 Å². The number of hydrogen-bond acceptors (Lipinski definition) is 3. The lowest BCUT2D eigenvalue weighted by molar-refractivity contribution is -0.151. The van der Waals surface area contributed by atoms with Crippen LogP contribution in [0.2, 0.25) is 0 Å². The first-order chi connectivity index (χ1) is 6.96. The van der Waals surface area contributed by atoms with Crippen LogP contribution in [-0.2, 0) is 4.79 Å². The van der Waals surface area contributed by atoms with E-state index in [1.54, 1.807) is 4.90 Å². The van der Waals surface area contributed by atoms with E-state index in [-0.39, 0.29) is 18.6 Å². The third-order valence-electron chi connectivity index (χ3n) is 2.87. The predicted molar refractivity (Wildman–Crippen MR) is 57.4 cm³/mol. The van der Waals surface area contributed by atoms with Crippen LogP contribution >= 0.6 is 0 Å². The molecule has 1 atom stereocenters. The zero-order valence-electron chi connectivity index (χ0n) is 9.57. The largest absolute Gasteiger partial charge is 0.394 e. The number of likely N-dealkylation sites (tertiary alicyclic amines) is 1. The molecule has 1 heterocycles. The molecule has 0 aromatic carbocycles. The van der Waals surface area contributed by atoms with E-state index in [4.69, 9.17) is 0 Å². The lowest BCUT2D eigenvalue weighted by Crippen LogP contribution is -2.50. The van der Waals surface area contributed by atoms with Crippen molar-refractivity contribution in [3.05, 3.63) is 0 Å². The van der Waals surface area contributed by atoms with Crippen LogP contribution in [0.1, 0.15) is 39.5 Å². The van der Waals surface area contributed by atoms with E-state index in [1.165, 1.54) is 13.8 Å². The summed E-state index contributed by atoms with van der Waals surface area (Å²) in [7, 11) is 0. The third-order valence-corrected chi connectivity index (χ3v) is 2.87. The van der Waals surface area contributed by atoms with Crippen LogP contribution in [0.25, 0.3) is 0 Å². The fraction of sp³-hybridized carbons (Fsp3) is 0.909. The van der Waals surface area contributed by atoms with E-state index in [0.717, 1.165) is 25.7 Å². The molecule has 1 aliphatic heterocycles. The Morgan fingerprint density at radius 3 is 2.60 bits per heavy atom. The van der Waals surface area contributed by atoms with Gasteiger partial charge in [0.25, 0.3) is 5.91 Å². The maximum Gasteiger partial charge on any atom is 0.254 e. The van der Waals surface area contributed by atoms with Gasteiger partial charge in [-0.2, -0.15) is 0 Å². The Balaban J connectivity index is 2.74. The fourth-order valence-corrected chi connectivity index (χ4v) is 1.99. The molecular weight excluding hydrogens is 194 g/mol. The average Bonchev–Trinajstić information content (AvgIpc) is 2.39. The molecule has 1 rings (SSSR count). The molecule has 1 aliphatic rings. The average molecular weight is 215 g/mol. The minimum Gasteiger partial charge on any atom is -0.394 e. The summed E-state index contributed by atoms with van der Waals surface area (Å²) in [5.74, 6) is -0.275. The molecule has 88 valence electrons. The van der Waals surface area contributed by atoms with Gasteiger partial charge in [0.05, 0.1) is 12.6 Å². The van der Waals surface area contributed by atoms with Crippen molar-refractivity contribution in [2.45, 2.75) is 51.2 Å². The Morgan fingerprint density at radius 1 is 1.40 bits per heavy atom. The molecule has 1 unspecified atom stereocenters. The molecule has 4 heteroatoms. The standard InChI is InChI=1S/C11H21NO3/c1-11(2,15)10(14)12-7-5-3-4-6-9(12)8-13/h9,13,15H,3-8H2,1-2H3. The number of aliphatic hydroxyl groups excluding tert-OH is 1. The number of rotatable bonds is 2. The van der Waals surface area contributed by atoms with E-state index in [0.29, 0.717) is 6.54 Å². The van der Waals surface area contributed by atoms with Gasteiger partial charge in [-0.05, 0) is 26.7 Å². The summed E-state index contributed by atoms with van der Waals surface area (Å²) in [6.45, 7) is 3.62. The first kappa shape index (κ1) is 12.5. The second kappa shape index (κ2) is 4.94. The van der Waals surface area contributed by atoms with Crippen LogP contribution < -0.4 is 0 Å². The highest BCUT2D eigenvalue weighted by Crippen LogP contribution is 2.19. The van der Waals surface area contributed by atoms with Gasteiger partial charge in [0.2, 0.25) is 0 Å². The zero-order chi connectivity index (χ0) is 11.5. The van der Waals surface area contributed by atoms with E-state index >= 15 is 0 Å². The van der Waals surface area contributed by atoms with Crippen molar-refractivity contribution in [3.8, 4) is 0 Å². The summed E-state index contributed by atoms with van der Waals surface area (Å²) < 4.78 is 0. The Morgan fingerprint density at radius 2 is 2.07 bits per heavy atom. The quantitative estimate of drug-likeness (QED) is 0.706. The molecule has 15 heavy (non-hydrogen) atoms. The summed E-state index contributed by atoms with van der Waals surface area (Å²) in [5, 5.41) is 18.9. The first-order valence-electron chi connectivity index (χ1n) is 5.61. The van der Waals surface area contributed by atoms with Crippen LogP contribution in [-0.4, -0.2) is 45.8 Å². The first-order valence-corrected chi connectivity index (χ1v) is 5.61. The second-order valence-corrected chi connectivity index (χ2v) is 4.74. The highest BCUT2D eigenvalue weighted by molar-refractivity contribution is 5.84. The Hall–Kier alpha value is -0.610. The Labute approximate surface area is 90.9 Å². The molecule has 0 bridgehead atoms. The van der Waals surface area contributed by atoms with Crippen LogP contribution in [0.5, 0.6) is 0 Å². The van der Waals surface area contributed by atoms with E-state index in [9.17, 15) is 15.0 Å². The monoisotopic (exact) mass is 215 g/mol. The molecule has 4 nitrogen and oxygen atoms in total.